The summed E-state index contributed by atoms with van der Waals surface area (Å²) in [7, 11) is 1.53. The van der Waals surface area contributed by atoms with Gasteiger partial charge in [0.1, 0.15) is 6.61 Å². The van der Waals surface area contributed by atoms with Crippen molar-refractivity contribution in [2.24, 2.45) is 0 Å². The predicted octanol–water partition coefficient (Wildman–Crippen LogP) is 7.24. The lowest BCUT2D eigenvalue weighted by molar-refractivity contribution is -0.123. The van der Waals surface area contributed by atoms with Gasteiger partial charge in [-0.15, -0.1) is 0 Å². The Labute approximate surface area is 215 Å². The van der Waals surface area contributed by atoms with E-state index in [1.54, 1.807) is 18.2 Å². The fourth-order valence-electron chi connectivity index (χ4n) is 3.48. The Kier molecular flexibility index (Phi) is 7.66. The smallest absolute Gasteiger partial charge is 0.293 e. The number of imide groups is 1. The average Bonchev–Trinajstić information content (AvgIpc) is 3.06. The number of rotatable bonds is 7. The third kappa shape index (κ3) is 5.66. The molecule has 1 fully saturated rings. The lowest BCUT2D eigenvalue weighted by atomic mass is 10.1. The normalized spacial score (nSPS) is 14.7. The van der Waals surface area contributed by atoms with Gasteiger partial charge in [0.15, 0.2) is 11.5 Å². The van der Waals surface area contributed by atoms with E-state index >= 15 is 0 Å². The number of methoxy groups -OCH3 is 1. The number of hydrogen-bond donors (Lipinski definition) is 0. The van der Waals surface area contributed by atoms with Crippen LogP contribution < -0.4 is 9.47 Å². The largest absolute Gasteiger partial charge is 0.493 e. The van der Waals surface area contributed by atoms with Crippen LogP contribution in [0.2, 0.25) is 5.02 Å². The Morgan fingerprint density at radius 2 is 1.82 bits per heavy atom. The summed E-state index contributed by atoms with van der Waals surface area (Å²) in [5, 5.41) is 0.0442. The monoisotopic (exact) mass is 557 g/mol. The number of nitrogens with zero attached hydrogens (tertiary/aromatic N) is 1. The summed E-state index contributed by atoms with van der Waals surface area (Å²) in [6.07, 6.45) is 1.64. The number of benzene rings is 3. The lowest BCUT2D eigenvalue weighted by Crippen LogP contribution is -2.27. The minimum atomic E-state index is -0.340. The highest BCUT2D eigenvalue weighted by Gasteiger charge is 2.35. The first kappa shape index (κ1) is 24.4. The number of thioether (sulfide) groups is 1. The second-order valence-corrected chi connectivity index (χ2v) is 10.0. The van der Waals surface area contributed by atoms with Crippen molar-refractivity contribution in [3.63, 3.8) is 0 Å². The van der Waals surface area contributed by atoms with Crippen LogP contribution in [0.5, 0.6) is 11.5 Å². The third-order valence-corrected chi connectivity index (χ3v) is 6.86. The molecule has 0 spiro atoms. The van der Waals surface area contributed by atoms with Gasteiger partial charge in [-0.05, 0) is 65.7 Å². The maximum atomic E-state index is 12.9. The van der Waals surface area contributed by atoms with E-state index in [0.717, 1.165) is 32.9 Å². The van der Waals surface area contributed by atoms with Crippen LogP contribution in [0.4, 0.5) is 4.79 Å². The molecule has 0 saturated carbocycles. The molecule has 1 heterocycles. The molecule has 3 aromatic carbocycles. The Morgan fingerprint density at radius 1 is 1.06 bits per heavy atom. The number of aryl methyl sites for hydroxylation is 1. The number of hydrogen-bond acceptors (Lipinski definition) is 5. The van der Waals surface area contributed by atoms with E-state index in [4.69, 9.17) is 21.1 Å². The van der Waals surface area contributed by atoms with Crippen molar-refractivity contribution in [3.8, 4) is 11.5 Å². The zero-order valence-electron chi connectivity index (χ0n) is 18.5. The van der Waals surface area contributed by atoms with E-state index in [-0.39, 0.29) is 17.7 Å². The van der Waals surface area contributed by atoms with Crippen LogP contribution in [0.25, 0.3) is 6.08 Å². The van der Waals surface area contributed by atoms with Gasteiger partial charge in [0, 0.05) is 4.47 Å². The molecule has 1 aliphatic rings. The molecule has 0 atom stereocenters. The highest BCUT2D eigenvalue weighted by molar-refractivity contribution is 9.10. The number of ether oxygens (including phenoxy) is 2. The topological polar surface area (TPSA) is 55.8 Å². The van der Waals surface area contributed by atoms with Crippen molar-refractivity contribution >= 4 is 56.5 Å². The Morgan fingerprint density at radius 3 is 2.53 bits per heavy atom. The van der Waals surface area contributed by atoms with E-state index in [9.17, 15) is 9.59 Å². The van der Waals surface area contributed by atoms with E-state index in [2.05, 4.69) is 15.9 Å². The highest BCUT2D eigenvalue weighted by atomic mass is 79.9. The molecule has 5 nitrogen and oxygen atoms in total. The zero-order valence-corrected chi connectivity index (χ0v) is 21.7. The molecular formula is C26H21BrClNO4S. The van der Waals surface area contributed by atoms with Crippen LogP contribution in [-0.4, -0.2) is 23.2 Å². The van der Waals surface area contributed by atoms with Gasteiger partial charge in [0.05, 0.1) is 23.6 Å². The standard InChI is InChI=1S/C26H21BrClNO4S/c1-16-4-3-5-18(10-16)15-33-24-21(28)11-19(12-22(24)32-2)13-23-25(30)29(26(31)34-23)14-17-6-8-20(27)9-7-17/h3-13H,14-15H2,1-2H3/b23-13-. The van der Waals surface area contributed by atoms with Gasteiger partial charge in [-0.2, -0.15) is 0 Å². The molecule has 1 aliphatic heterocycles. The van der Waals surface area contributed by atoms with Gasteiger partial charge < -0.3 is 9.47 Å². The molecular weight excluding hydrogens is 538 g/mol. The SMILES string of the molecule is COc1cc(/C=C2\SC(=O)N(Cc3ccc(Br)cc3)C2=O)cc(Cl)c1OCc1cccc(C)c1. The maximum absolute atomic E-state index is 12.9. The molecule has 0 aliphatic carbocycles. The van der Waals surface area contributed by atoms with E-state index in [1.807, 2.05) is 55.5 Å². The Balaban J connectivity index is 1.53. The number of carbonyl (C=O) groups is 2. The average molecular weight is 559 g/mol. The first-order valence-corrected chi connectivity index (χ1v) is 12.4. The van der Waals surface area contributed by atoms with Crippen LogP contribution in [0.15, 0.2) is 70.0 Å². The molecule has 8 heteroatoms. The van der Waals surface area contributed by atoms with E-state index < -0.39 is 0 Å². The highest BCUT2D eigenvalue weighted by Crippen LogP contribution is 2.39. The Bertz CT molecular complexity index is 1280. The maximum Gasteiger partial charge on any atom is 0.293 e. The molecule has 0 N–H and O–H groups in total. The van der Waals surface area contributed by atoms with Gasteiger partial charge in [0.25, 0.3) is 11.1 Å². The van der Waals surface area contributed by atoms with Gasteiger partial charge in [-0.25, -0.2) is 0 Å². The first-order chi connectivity index (χ1) is 16.3. The van der Waals surface area contributed by atoms with Gasteiger partial charge in [-0.1, -0.05) is 69.5 Å². The fourth-order valence-corrected chi connectivity index (χ4v) is 4.86. The van der Waals surface area contributed by atoms with Crippen LogP contribution in [0.3, 0.4) is 0 Å². The quantitative estimate of drug-likeness (QED) is 0.286. The van der Waals surface area contributed by atoms with Gasteiger partial charge >= 0.3 is 0 Å². The molecule has 0 bridgehead atoms. The summed E-state index contributed by atoms with van der Waals surface area (Å²) in [6.45, 7) is 2.57. The molecule has 0 aromatic heterocycles. The van der Waals surface area contributed by atoms with Crippen LogP contribution in [0, 0.1) is 6.92 Å². The summed E-state index contributed by atoms with van der Waals surface area (Å²) in [6, 6.07) is 18.9. The summed E-state index contributed by atoms with van der Waals surface area (Å²) >= 11 is 10.8. The molecule has 0 unspecified atom stereocenters. The van der Waals surface area contributed by atoms with Crippen LogP contribution >= 0.6 is 39.3 Å². The molecule has 3 aromatic rings. The van der Waals surface area contributed by atoms with Crippen LogP contribution in [0.1, 0.15) is 22.3 Å². The van der Waals surface area contributed by atoms with Crippen molar-refractivity contribution in [1.29, 1.82) is 0 Å². The van der Waals surface area contributed by atoms with E-state index in [1.165, 1.54) is 12.0 Å². The lowest BCUT2D eigenvalue weighted by Gasteiger charge is -2.14. The molecule has 34 heavy (non-hydrogen) atoms. The summed E-state index contributed by atoms with van der Waals surface area (Å²) < 4.78 is 12.4. The number of carbonyl (C=O) groups excluding carboxylic acids is 2. The van der Waals surface area contributed by atoms with Crippen LogP contribution in [-0.2, 0) is 17.9 Å². The second kappa shape index (κ2) is 10.7. The van der Waals surface area contributed by atoms with Crippen molar-refractivity contribution in [3.05, 3.63) is 97.3 Å². The van der Waals surface area contributed by atoms with E-state index in [0.29, 0.717) is 33.6 Å². The minimum absolute atomic E-state index is 0.213. The van der Waals surface area contributed by atoms with Crippen molar-refractivity contribution in [2.75, 3.05) is 7.11 Å². The summed E-state index contributed by atoms with van der Waals surface area (Å²) in [5.41, 5.74) is 3.66. The predicted molar refractivity (Wildman–Crippen MR) is 139 cm³/mol. The molecule has 4 rings (SSSR count). The molecule has 2 amide bonds. The third-order valence-electron chi connectivity index (χ3n) is 5.14. The van der Waals surface area contributed by atoms with Gasteiger partial charge in [-0.3, -0.25) is 14.5 Å². The summed E-state index contributed by atoms with van der Waals surface area (Å²) in [5.74, 6) is 0.527. The molecule has 1 saturated heterocycles. The number of amides is 2. The Hall–Kier alpha value is -2.74. The van der Waals surface area contributed by atoms with Crippen molar-refractivity contribution in [2.45, 2.75) is 20.1 Å². The number of halogens is 2. The fraction of sp³-hybridized carbons (Fsp3) is 0.154. The zero-order chi connectivity index (χ0) is 24.2. The minimum Gasteiger partial charge on any atom is -0.493 e. The first-order valence-electron chi connectivity index (χ1n) is 10.4. The van der Waals surface area contributed by atoms with Crippen molar-refractivity contribution < 1.29 is 19.1 Å². The molecule has 0 radical (unpaired) electrons. The second-order valence-electron chi connectivity index (χ2n) is 7.71. The van der Waals surface area contributed by atoms with Gasteiger partial charge in [0.2, 0.25) is 0 Å². The summed E-state index contributed by atoms with van der Waals surface area (Å²) in [4.78, 5) is 27.0. The van der Waals surface area contributed by atoms with Crippen molar-refractivity contribution in [1.82, 2.24) is 4.90 Å². The molecule has 174 valence electrons.